The predicted molar refractivity (Wildman–Crippen MR) is 67.5 cm³/mol. The van der Waals surface area contributed by atoms with E-state index in [0.29, 0.717) is 12.5 Å². The Hall–Kier alpha value is -1.23. The molecule has 5 heteroatoms. The van der Waals surface area contributed by atoms with Gasteiger partial charge < -0.3 is 10.6 Å². The summed E-state index contributed by atoms with van der Waals surface area (Å²) < 4.78 is 37.3. The lowest BCUT2D eigenvalue weighted by atomic mass is 10.1. The number of benzene rings is 1. The quantitative estimate of drug-likeness (QED) is 0.881. The van der Waals surface area contributed by atoms with Gasteiger partial charge in [-0.05, 0) is 43.7 Å². The van der Waals surface area contributed by atoms with Gasteiger partial charge in [0.25, 0.3) is 0 Å². The molecule has 0 radical (unpaired) electrons. The summed E-state index contributed by atoms with van der Waals surface area (Å²) in [6.45, 7) is 6.05. The minimum atomic E-state index is -4.28. The summed E-state index contributed by atoms with van der Waals surface area (Å²) in [5, 5.41) is 0. The van der Waals surface area contributed by atoms with Crippen molar-refractivity contribution < 1.29 is 13.2 Å². The fourth-order valence-corrected chi connectivity index (χ4v) is 1.73. The van der Waals surface area contributed by atoms with Crippen molar-refractivity contribution in [1.82, 2.24) is 0 Å². The van der Waals surface area contributed by atoms with Crippen LogP contribution < -0.4 is 10.6 Å². The van der Waals surface area contributed by atoms with Gasteiger partial charge in [-0.3, -0.25) is 0 Å². The molecule has 102 valence electrons. The van der Waals surface area contributed by atoms with Gasteiger partial charge in [-0.1, -0.05) is 6.92 Å². The molecule has 1 atom stereocenters. The van der Waals surface area contributed by atoms with Crippen molar-refractivity contribution in [3.8, 4) is 0 Å². The van der Waals surface area contributed by atoms with Crippen LogP contribution in [0.4, 0.5) is 18.9 Å². The normalized spacial score (nSPS) is 13.4. The Morgan fingerprint density at radius 2 is 1.78 bits per heavy atom. The highest BCUT2D eigenvalue weighted by Crippen LogP contribution is 2.30. The zero-order valence-corrected chi connectivity index (χ0v) is 10.7. The van der Waals surface area contributed by atoms with Crippen molar-refractivity contribution in [3.05, 3.63) is 29.8 Å². The standard InChI is InChI=1S/C13H19F3N2/c1-3-18(9-10(2)8-17)12-6-4-11(5-7-12)13(14,15)16/h4-7,10H,3,8-9,17H2,1-2H3. The van der Waals surface area contributed by atoms with E-state index in [1.54, 1.807) is 0 Å². The average molecular weight is 260 g/mol. The van der Waals surface area contributed by atoms with E-state index in [4.69, 9.17) is 5.73 Å². The van der Waals surface area contributed by atoms with E-state index in [9.17, 15) is 13.2 Å². The lowest BCUT2D eigenvalue weighted by Gasteiger charge is -2.26. The molecule has 1 aromatic carbocycles. The number of halogens is 3. The molecule has 1 aromatic rings. The Kier molecular flexibility index (Phi) is 5.02. The van der Waals surface area contributed by atoms with E-state index in [0.717, 1.165) is 30.9 Å². The van der Waals surface area contributed by atoms with Crippen molar-refractivity contribution >= 4 is 5.69 Å². The topological polar surface area (TPSA) is 29.3 Å². The average Bonchev–Trinajstić information content (AvgIpc) is 2.34. The van der Waals surface area contributed by atoms with Crippen LogP contribution in [0.3, 0.4) is 0 Å². The first-order chi connectivity index (χ1) is 8.38. The summed E-state index contributed by atoms with van der Waals surface area (Å²) in [5.41, 5.74) is 5.74. The molecule has 0 fully saturated rings. The first-order valence-corrected chi connectivity index (χ1v) is 6.00. The minimum absolute atomic E-state index is 0.312. The van der Waals surface area contributed by atoms with Gasteiger partial charge in [0, 0.05) is 18.8 Å². The molecule has 0 aliphatic carbocycles. The number of alkyl halides is 3. The van der Waals surface area contributed by atoms with Crippen LogP contribution >= 0.6 is 0 Å². The number of rotatable bonds is 5. The summed E-state index contributed by atoms with van der Waals surface area (Å²) in [7, 11) is 0. The Balaban J connectivity index is 2.82. The molecule has 0 aromatic heterocycles. The fourth-order valence-electron chi connectivity index (χ4n) is 1.73. The molecule has 0 aliphatic rings. The monoisotopic (exact) mass is 260 g/mol. The SMILES string of the molecule is CCN(CC(C)CN)c1ccc(C(F)(F)F)cc1. The van der Waals surface area contributed by atoms with Gasteiger partial charge in [0.2, 0.25) is 0 Å². The number of anilines is 1. The second-order valence-electron chi connectivity index (χ2n) is 4.42. The molecular formula is C13H19F3N2. The highest BCUT2D eigenvalue weighted by Gasteiger charge is 2.30. The summed E-state index contributed by atoms with van der Waals surface area (Å²) >= 11 is 0. The molecule has 0 aliphatic heterocycles. The molecule has 0 saturated carbocycles. The van der Waals surface area contributed by atoms with Crippen LogP contribution in [0.2, 0.25) is 0 Å². The highest BCUT2D eigenvalue weighted by atomic mass is 19.4. The Morgan fingerprint density at radius 3 is 2.17 bits per heavy atom. The maximum absolute atomic E-state index is 12.4. The van der Waals surface area contributed by atoms with Crippen molar-refractivity contribution in [1.29, 1.82) is 0 Å². The summed E-state index contributed by atoms with van der Waals surface area (Å²) in [6, 6.07) is 5.25. The summed E-state index contributed by atoms with van der Waals surface area (Å²) in [5.74, 6) is 0.312. The van der Waals surface area contributed by atoms with Crippen LogP contribution in [0.5, 0.6) is 0 Å². The van der Waals surface area contributed by atoms with Crippen molar-refractivity contribution in [3.63, 3.8) is 0 Å². The number of hydrogen-bond acceptors (Lipinski definition) is 2. The molecule has 1 rings (SSSR count). The van der Waals surface area contributed by atoms with E-state index >= 15 is 0 Å². The number of nitrogens with zero attached hydrogens (tertiary/aromatic N) is 1. The van der Waals surface area contributed by atoms with Gasteiger partial charge in [-0.25, -0.2) is 0 Å². The van der Waals surface area contributed by atoms with Crippen molar-refractivity contribution in [2.24, 2.45) is 11.7 Å². The predicted octanol–water partition coefficient (Wildman–Crippen LogP) is 3.13. The smallest absolute Gasteiger partial charge is 0.371 e. The summed E-state index contributed by atoms with van der Waals surface area (Å²) in [4.78, 5) is 2.03. The van der Waals surface area contributed by atoms with Crippen LogP contribution in [0, 0.1) is 5.92 Å². The molecule has 0 spiro atoms. The molecule has 18 heavy (non-hydrogen) atoms. The first-order valence-electron chi connectivity index (χ1n) is 6.00. The van der Waals surface area contributed by atoms with Crippen LogP contribution in [-0.2, 0) is 6.18 Å². The fraction of sp³-hybridized carbons (Fsp3) is 0.538. The molecule has 2 nitrogen and oxygen atoms in total. The minimum Gasteiger partial charge on any atom is -0.371 e. The molecule has 0 saturated heterocycles. The second kappa shape index (κ2) is 6.09. The maximum Gasteiger partial charge on any atom is 0.416 e. The third-order valence-electron chi connectivity index (χ3n) is 2.88. The van der Waals surface area contributed by atoms with Gasteiger partial charge >= 0.3 is 6.18 Å². The maximum atomic E-state index is 12.4. The Morgan fingerprint density at radius 1 is 1.22 bits per heavy atom. The van der Waals surface area contributed by atoms with Gasteiger partial charge in [0.05, 0.1) is 5.56 Å². The zero-order valence-electron chi connectivity index (χ0n) is 10.7. The third-order valence-corrected chi connectivity index (χ3v) is 2.88. The zero-order chi connectivity index (χ0) is 13.8. The van der Waals surface area contributed by atoms with Crippen molar-refractivity contribution in [2.75, 3.05) is 24.5 Å². The largest absolute Gasteiger partial charge is 0.416 e. The lowest BCUT2D eigenvalue weighted by Crippen LogP contribution is -2.31. The van der Waals surface area contributed by atoms with E-state index in [2.05, 4.69) is 0 Å². The molecule has 0 bridgehead atoms. The van der Waals surface area contributed by atoms with Gasteiger partial charge in [-0.15, -0.1) is 0 Å². The number of hydrogen-bond donors (Lipinski definition) is 1. The van der Waals surface area contributed by atoms with Crippen molar-refractivity contribution in [2.45, 2.75) is 20.0 Å². The Labute approximate surface area is 106 Å². The highest BCUT2D eigenvalue weighted by molar-refractivity contribution is 5.48. The lowest BCUT2D eigenvalue weighted by molar-refractivity contribution is -0.137. The third kappa shape index (κ3) is 3.91. The molecule has 2 N–H and O–H groups in total. The molecule has 1 unspecified atom stereocenters. The van der Waals surface area contributed by atoms with Crippen LogP contribution in [-0.4, -0.2) is 19.6 Å². The first kappa shape index (κ1) is 14.8. The number of nitrogens with two attached hydrogens (primary N) is 1. The van der Waals surface area contributed by atoms with E-state index in [-0.39, 0.29) is 0 Å². The molecule has 0 heterocycles. The van der Waals surface area contributed by atoms with Gasteiger partial charge in [-0.2, -0.15) is 13.2 Å². The van der Waals surface area contributed by atoms with Crippen LogP contribution in [0.15, 0.2) is 24.3 Å². The van der Waals surface area contributed by atoms with Gasteiger partial charge in [0.1, 0.15) is 0 Å². The summed E-state index contributed by atoms with van der Waals surface area (Å²) in [6.07, 6.45) is -4.28. The second-order valence-corrected chi connectivity index (χ2v) is 4.42. The van der Waals surface area contributed by atoms with E-state index in [1.165, 1.54) is 12.1 Å². The Bertz CT molecular complexity index is 359. The van der Waals surface area contributed by atoms with Gasteiger partial charge in [0.15, 0.2) is 0 Å². The molecule has 0 amide bonds. The van der Waals surface area contributed by atoms with E-state index < -0.39 is 11.7 Å². The van der Waals surface area contributed by atoms with E-state index in [1.807, 2.05) is 18.7 Å². The molecular weight excluding hydrogens is 241 g/mol. The van der Waals surface area contributed by atoms with Crippen LogP contribution in [0.1, 0.15) is 19.4 Å². The van der Waals surface area contributed by atoms with Crippen LogP contribution in [0.25, 0.3) is 0 Å².